The lowest BCUT2D eigenvalue weighted by Gasteiger charge is -2.32. The minimum atomic E-state index is -2.25. The third-order valence-electron chi connectivity index (χ3n) is 3.67. The molecule has 0 saturated carbocycles. The van der Waals surface area contributed by atoms with Crippen molar-refractivity contribution in [2.75, 3.05) is 5.75 Å². The molecule has 0 bridgehead atoms. The van der Waals surface area contributed by atoms with Crippen LogP contribution in [0.15, 0.2) is 24.3 Å². The van der Waals surface area contributed by atoms with Gasteiger partial charge >= 0.3 is 6.69 Å². The molecule has 82 valence electrons. The Morgan fingerprint density at radius 2 is 2.31 bits per heavy atom. The van der Waals surface area contributed by atoms with E-state index in [1.165, 1.54) is 0 Å². The molecule has 4 nitrogen and oxygen atoms in total. The quantitative estimate of drug-likeness (QED) is 0.630. The number of hydrogen-bond acceptors (Lipinski definition) is 5. The van der Waals surface area contributed by atoms with Crippen LogP contribution in [-0.2, 0) is 9.45 Å². The molecule has 0 spiro atoms. The zero-order chi connectivity index (χ0) is 10.9. The number of benzene rings is 1. The SMILES string of the molecule is O=C1O[B@@-]2(O)c3ccccc3[C@H]3SC[C@@H]1N32. The highest BCUT2D eigenvalue weighted by Crippen LogP contribution is 2.51. The molecular formula is C10H9BNO3S-. The Kier molecular flexibility index (Phi) is 1.50. The van der Waals surface area contributed by atoms with Crippen LogP contribution in [0.2, 0.25) is 0 Å². The summed E-state index contributed by atoms with van der Waals surface area (Å²) in [5.41, 5.74) is 1.86. The standard InChI is InChI=1S/C10H9BNO3S/c13-10-8-5-16-9-6-3-1-2-4-7(6)11(14,15-10)12(8)9/h1-4,8-9,14H,5H2/q-1/t8-,9+,11-/m0/s1. The van der Waals surface area contributed by atoms with E-state index in [2.05, 4.69) is 0 Å². The molecule has 3 aliphatic rings. The molecule has 2 fully saturated rings. The van der Waals surface area contributed by atoms with Crippen LogP contribution in [0.25, 0.3) is 0 Å². The fraction of sp³-hybridized carbons (Fsp3) is 0.300. The fourth-order valence-corrected chi connectivity index (χ4v) is 4.54. The Bertz CT molecular complexity index is 511. The molecule has 0 amide bonds. The molecule has 4 rings (SSSR count). The maximum atomic E-state index is 11.6. The van der Waals surface area contributed by atoms with Crippen molar-refractivity contribution in [1.29, 1.82) is 0 Å². The van der Waals surface area contributed by atoms with E-state index in [0.717, 1.165) is 11.0 Å². The van der Waals surface area contributed by atoms with Gasteiger partial charge in [-0.05, 0) is 0 Å². The van der Waals surface area contributed by atoms with Gasteiger partial charge in [0.25, 0.3) is 5.97 Å². The Morgan fingerprint density at radius 1 is 1.50 bits per heavy atom. The highest BCUT2D eigenvalue weighted by atomic mass is 32.2. The molecule has 0 radical (unpaired) electrons. The van der Waals surface area contributed by atoms with Crippen LogP contribution >= 0.6 is 11.8 Å². The first-order chi connectivity index (χ1) is 7.72. The fourth-order valence-electron chi connectivity index (χ4n) is 2.99. The van der Waals surface area contributed by atoms with Crippen LogP contribution in [0.1, 0.15) is 10.9 Å². The van der Waals surface area contributed by atoms with Crippen molar-refractivity contribution >= 4 is 29.9 Å². The van der Waals surface area contributed by atoms with Gasteiger partial charge in [-0.3, -0.25) is 4.79 Å². The van der Waals surface area contributed by atoms with Crippen LogP contribution in [-0.4, -0.2) is 34.3 Å². The third-order valence-corrected chi connectivity index (χ3v) is 4.99. The van der Waals surface area contributed by atoms with Crippen molar-refractivity contribution < 1.29 is 14.5 Å². The molecule has 3 heterocycles. The van der Waals surface area contributed by atoms with Crippen molar-refractivity contribution in [3.05, 3.63) is 29.8 Å². The van der Waals surface area contributed by atoms with Gasteiger partial charge in [-0.15, -0.1) is 17.2 Å². The molecule has 0 aliphatic carbocycles. The zero-order valence-electron chi connectivity index (χ0n) is 8.37. The van der Waals surface area contributed by atoms with E-state index in [4.69, 9.17) is 4.65 Å². The maximum absolute atomic E-state index is 11.6. The Hall–Kier alpha value is -0.975. The van der Waals surface area contributed by atoms with Gasteiger partial charge in [-0.2, -0.15) is 0 Å². The summed E-state index contributed by atoms with van der Waals surface area (Å²) in [6.07, 6.45) is 0. The van der Waals surface area contributed by atoms with E-state index in [0.29, 0.717) is 5.75 Å². The molecule has 0 aromatic heterocycles. The minimum Gasteiger partial charge on any atom is -0.649 e. The molecule has 1 aromatic carbocycles. The number of thioether (sulfide) groups is 1. The number of carbonyl (C=O) groups excluding carboxylic acids is 1. The average molecular weight is 234 g/mol. The largest absolute Gasteiger partial charge is 0.649 e. The summed E-state index contributed by atoms with van der Waals surface area (Å²) in [5, 5.41) is 10.6. The lowest BCUT2D eigenvalue weighted by Crippen LogP contribution is -2.56. The predicted octanol–water partition coefficient (Wildman–Crippen LogP) is -0.189. The van der Waals surface area contributed by atoms with Crippen molar-refractivity contribution in [1.82, 2.24) is 4.81 Å². The van der Waals surface area contributed by atoms with Crippen LogP contribution < -0.4 is 5.46 Å². The van der Waals surface area contributed by atoms with Gasteiger partial charge in [0.2, 0.25) is 0 Å². The Balaban J connectivity index is 2.00. The molecule has 3 aliphatic heterocycles. The van der Waals surface area contributed by atoms with E-state index in [9.17, 15) is 9.82 Å². The van der Waals surface area contributed by atoms with Gasteiger partial charge < -0.3 is 14.5 Å². The minimum absolute atomic E-state index is 0.0812. The Morgan fingerprint density at radius 3 is 3.19 bits per heavy atom. The van der Waals surface area contributed by atoms with Crippen LogP contribution in [0.5, 0.6) is 0 Å². The van der Waals surface area contributed by atoms with Crippen LogP contribution in [0, 0.1) is 0 Å². The summed E-state index contributed by atoms with van der Waals surface area (Å²) in [6, 6.07) is 7.40. The van der Waals surface area contributed by atoms with E-state index in [1.54, 1.807) is 11.8 Å². The highest BCUT2D eigenvalue weighted by Gasteiger charge is 2.60. The first kappa shape index (κ1) is 9.10. The lowest BCUT2D eigenvalue weighted by molar-refractivity contribution is -0.134. The number of fused-ring (bicyclic) bond motifs is 3. The number of hydrogen-bond donors (Lipinski definition) is 1. The number of rotatable bonds is 0. The first-order valence-corrected chi connectivity index (χ1v) is 6.35. The topological polar surface area (TPSA) is 49.8 Å². The van der Waals surface area contributed by atoms with Gasteiger partial charge in [0.15, 0.2) is 0 Å². The normalized spacial score (nSPS) is 39.7. The third kappa shape index (κ3) is 0.817. The lowest BCUT2D eigenvalue weighted by atomic mass is 9.65. The molecule has 16 heavy (non-hydrogen) atoms. The van der Waals surface area contributed by atoms with E-state index in [-0.39, 0.29) is 17.4 Å². The molecule has 1 aromatic rings. The van der Waals surface area contributed by atoms with E-state index < -0.39 is 6.69 Å². The molecule has 6 heteroatoms. The maximum Gasteiger partial charge on any atom is 0.404 e. The first-order valence-electron chi connectivity index (χ1n) is 5.30. The average Bonchev–Trinajstić information content (AvgIpc) is 2.87. The van der Waals surface area contributed by atoms with Crippen molar-refractivity contribution in [2.45, 2.75) is 11.4 Å². The molecular weight excluding hydrogens is 225 g/mol. The van der Waals surface area contributed by atoms with Gasteiger partial charge in [0.05, 0.1) is 6.04 Å². The van der Waals surface area contributed by atoms with Crippen molar-refractivity contribution in [2.24, 2.45) is 0 Å². The summed E-state index contributed by atoms with van der Waals surface area (Å²) in [5.74, 6) is 0.425. The smallest absolute Gasteiger partial charge is 0.404 e. The summed E-state index contributed by atoms with van der Waals surface area (Å²) in [6.45, 7) is -2.25. The van der Waals surface area contributed by atoms with Gasteiger partial charge in [0.1, 0.15) is 0 Å². The van der Waals surface area contributed by atoms with Crippen LogP contribution in [0.3, 0.4) is 0 Å². The monoisotopic (exact) mass is 234 g/mol. The molecule has 2 saturated heterocycles. The summed E-state index contributed by atoms with van der Waals surface area (Å²) in [4.78, 5) is 13.5. The molecule has 3 atom stereocenters. The summed E-state index contributed by atoms with van der Waals surface area (Å²) >= 11 is 1.70. The highest BCUT2D eigenvalue weighted by molar-refractivity contribution is 8.00. The van der Waals surface area contributed by atoms with E-state index >= 15 is 0 Å². The number of carbonyl (C=O) groups is 1. The number of nitrogens with zero attached hydrogens (tertiary/aromatic N) is 1. The van der Waals surface area contributed by atoms with Gasteiger partial charge in [-0.1, -0.05) is 29.8 Å². The van der Waals surface area contributed by atoms with Crippen LogP contribution in [0.4, 0.5) is 0 Å². The second-order valence-electron chi connectivity index (χ2n) is 4.42. The van der Waals surface area contributed by atoms with Gasteiger partial charge in [0, 0.05) is 11.1 Å². The van der Waals surface area contributed by atoms with E-state index in [1.807, 2.05) is 29.1 Å². The van der Waals surface area contributed by atoms with Crippen molar-refractivity contribution in [3.63, 3.8) is 0 Å². The van der Waals surface area contributed by atoms with Gasteiger partial charge in [-0.25, -0.2) is 0 Å². The zero-order valence-corrected chi connectivity index (χ0v) is 9.18. The molecule has 0 unspecified atom stereocenters. The summed E-state index contributed by atoms with van der Waals surface area (Å²) in [7, 11) is 0. The summed E-state index contributed by atoms with van der Waals surface area (Å²) < 4.78 is 5.22. The predicted molar refractivity (Wildman–Crippen MR) is 61.0 cm³/mol. The Labute approximate surface area is 96.6 Å². The molecule has 1 N–H and O–H groups in total. The second kappa shape index (κ2) is 2.64. The van der Waals surface area contributed by atoms with Crippen molar-refractivity contribution in [3.8, 4) is 0 Å². The second-order valence-corrected chi connectivity index (χ2v) is 5.53.